The molecular weight excluding hydrogens is 292 g/mol. The summed E-state index contributed by atoms with van der Waals surface area (Å²) in [6, 6.07) is 0. The molecule has 0 bridgehead atoms. The number of halogens is 1. The molecule has 16 heavy (non-hydrogen) atoms. The fraction of sp³-hybridized carbons (Fsp3) is 1.00. The molecule has 1 saturated heterocycles. The van der Waals surface area contributed by atoms with E-state index in [1.54, 1.807) is 0 Å². The van der Waals surface area contributed by atoms with Gasteiger partial charge in [0.1, 0.15) is 0 Å². The molecule has 1 aliphatic rings. The zero-order chi connectivity index (χ0) is 12.2. The lowest BCUT2D eigenvalue weighted by atomic mass is 10.1. The minimum absolute atomic E-state index is 0.0254. The van der Waals surface area contributed by atoms with Crippen molar-refractivity contribution in [2.75, 3.05) is 18.1 Å². The molecule has 0 radical (unpaired) electrons. The number of sulfone groups is 1. The summed E-state index contributed by atoms with van der Waals surface area (Å²) < 4.78 is 28.2. The van der Waals surface area contributed by atoms with Crippen LogP contribution in [0.2, 0.25) is 0 Å². The molecule has 0 aromatic carbocycles. The standard InChI is InChI=1S/C11H21BrO3S/c1-9(2)5-3-4-6-15-11-8-16(13,14)7-10(11)12/h9-11H,3-8H2,1-2H3. The van der Waals surface area contributed by atoms with Crippen LogP contribution in [-0.2, 0) is 14.6 Å². The predicted octanol–water partition coefficient (Wildman–Crippen LogP) is 2.39. The normalized spacial score (nSPS) is 28.8. The second kappa shape index (κ2) is 6.36. The molecule has 5 heteroatoms. The molecule has 1 aliphatic heterocycles. The predicted molar refractivity (Wildman–Crippen MR) is 69.8 cm³/mol. The molecule has 0 amide bonds. The topological polar surface area (TPSA) is 43.4 Å². The maximum atomic E-state index is 11.3. The lowest BCUT2D eigenvalue weighted by molar-refractivity contribution is 0.0720. The molecule has 96 valence electrons. The molecule has 0 aliphatic carbocycles. The summed E-state index contributed by atoms with van der Waals surface area (Å²) in [5, 5.41) is 0. The Morgan fingerprint density at radius 3 is 2.50 bits per heavy atom. The Morgan fingerprint density at radius 2 is 2.00 bits per heavy atom. The van der Waals surface area contributed by atoms with Crippen molar-refractivity contribution < 1.29 is 13.2 Å². The monoisotopic (exact) mass is 312 g/mol. The number of rotatable bonds is 6. The second-order valence-corrected chi connectivity index (χ2v) is 8.22. The zero-order valence-corrected chi connectivity index (χ0v) is 12.4. The van der Waals surface area contributed by atoms with E-state index >= 15 is 0 Å². The van der Waals surface area contributed by atoms with Crippen LogP contribution in [0.1, 0.15) is 33.1 Å². The van der Waals surface area contributed by atoms with E-state index in [-0.39, 0.29) is 22.4 Å². The minimum Gasteiger partial charge on any atom is -0.376 e. The average molecular weight is 313 g/mol. The van der Waals surface area contributed by atoms with Gasteiger partial charge in [0.05, 0.1) is 22.4 Å². The highest BCUT2D eigenvalue weighted by Crippen LogP contribution is 2.22. The molecule has 0 spiro atoms. The number of unbranched alkanes of at least 4 members (excludes halogenated alkanes) is 1. The lowest BCUT2D eigenvalue weighted by Gasteiger charge is -2.13. The van der Waals surface area contributed by atoms with Crippen LogP contribution in [0, 0.1) is 5.92 Å². The van der Waals surface area contributed by atoms with Crippen molar-refractivity contribution in [3.8, 4) is 0 Å². The maximum Gasteiger partial charge on any atom is 0.154 e. The van der Waals surface area contributed by atoms with Gasteiger partial charge < -0.3 is 4.74 Å². The Hall–Kier alpha value is 0.390. The van der Waals surface area contributed by atoms with E-state index in [0.29, 0.717) is 6.61 Å². The zero-order valence-electron chi connectivity index (χ0n) is 9.99. The van der Waals surface area contributed by atoms with Crippen LogP contribution in [0.5, 0.6) is 0 Å². The maximum absolute atomic E-state index is 11.3. The second-order valence-electron chi connectivity index (χ2n) is 4.89. The van der Waals surface area contributed by atoms with Crippen molar-refractivity contribution in [1.82, 2.24) is 0 Å². The molecule has 1 heterocycles. The van der Waals surface area contributed by atoms with Gasteiger partial charge in [0.25, 0.3) is 0 Å². The molecule has 2 atom stereocenters. The first-order valence-electron chi connectivity index (χ1n) is 5.87. The van der Waals surface area contributed by atoms with Gasteiger partial charge in [-0.3, -0.25) is 0 Å². The fourth-order valence-electron chi connectivity index (χ4n) is 1.81. The van der Waals surface area contributed by atoms with Gasteiger partial charge in [-0.25, -0.2) is 8.42 Å². The molecule has 0 aromatic rings. The Labute approximate surface area is 107 Å². The number of hydrogen-bond acceptors (Lipinski definition) is 3. The molecule has 3 nitrogen and oxygen atoms in total. The quantitative estimate of drug-likeness (QED) is 0.558. The largest absolute Gasteiger partial charge is 0.376 e. The molecule has 2 unspecified atom stereocenters. The highest BCUT2D eigenvalue weighted by atomic mass is 79.9. The third kappa shape index (κ3) is 5.15. The Morgan fingerprint density at radius 1 is 1.31 bits per heavy atom. The van der Waals surface area contributed by atoms with Gasteiger partial charge in [0.2, 0.25) is 0 Å². The first-order valence-corrected chi connectivity index (χ1v) is 8.60. The summed E-state index contributed by atoms with van der Waals surface area (Å²) in [5.74, 6) is 1.12. The lowest BCUT2D eigenvalue weighted by Crippen LogP contribution is -2.22. The summed E-state index contributed by atoms with van der Waals surface area (Å²) >= 11 is 3.37. The summed E-state index contributed by atoms with van der Waals surface area (Å²) in [6.45, 7) is 5.09. The van der Waals surface area contributed by atoms with Crippen molar-refractivity contribution in [3.05, 3.63) is 0 Å². The van der Waals surface area contributed by atoms with Gasteiger partial charge >= 0.3 is 0 Å². The van der Waals surface area contributed by atoms with Gasteiger partial charge in [-0.2, -0.15) is 0 Å². The van der Waals surface area contributed by atoms with Crippen molar-refractivity contribution in [1.29, 1.82) is 0 Å². The third-order valence-corrected chi connectivity index (χ3v) is 5.79. The van der Waals surface area contributed by atoms with Gasteiger partial charge in [-0.1, -0.05) is 42.6 Å². The SMILES string of the molecule is CC(C)CCCCOC1CS(=O)(=O)CC1Br. The van der Waals surface area contributed by atoms with Crippen LogP contribution in [-0.4, -0.2) is 37.5 Å². The molecule has 1 fully saturated rings. The van der Waals surface area contributed by atoms with Gasteiger partial charge in [-0.05, 0) is 12.3 Å². The minimum atomic E-state index is -2.87. The number of hydrogen-bond donors (Lipinski definition) is 0. The van der Waals surface area contributed by atoms with Crippen LogP contribution < -0.4 is 0 Å². The number of ether oxygens (including phenoxy) is 1. The van der Waals surface area contributed by atoms with Crippen LogP contribution in [0.4, 0.5) is 0 Å². The summed E-state index contributed by atoms with van der Waals surface area (Å²) in [7, 11) is -2.87. The van der Waals surface area contributed by atoms with Gasteiger partial charge in [0, 0.05) is 6.61 Å². The van der Waals surface area contributed by atoms with Crippen LogP contribution in [0.25, 0.3) is 0 Å². The van der Waals surface area contributed by atoms with Crippen molar-refractivity contribution in [2.45, 2.75) is 44.0 Å². The molecule has 0 aromatic heterocycles. The van der Waals surface area contributed by atoms with E-state index < -0.39 is 9.84 Å². The smallest absolute Gasteiger partial charge is 0.154 e. The first-order chi connectivity index (χ1) is 7.41. The third-order valence-electron chi connectivity index (χ3n) is 2.74. The van der Waals surface area contributed by atoms with Crippen molar-refractivity contribution >= 4 is 25.8 Å². The highest BCUT2D eigenvalue weighted by Gasteiger charge is 2.36. The number of alkyl halides is 1. The van der Waals surface area contributed by atoms with E-state index in [2.05, 4.69) is 29.8 Å². The first kappa shape index (κ1) is 14.5. The summed E-state index contributed by atoms with van der Waals surface area (Å²) in [6.07, 6.45) is 3.24. The highest BCUT2D eigenvalue weighted by molar-refractivity contribution is 9.09. The van der Waals surface area contributed by atoms with Gasteiger partial charge in [-0.15, -0.1) is 0 Å². The molecule has 0 N–H and O–H groups in total. The Bertz CT molecular complexity index is 300. The fourth-order valence-corrected chi connectivity index (χ4v) is 5.27. The van der Waals surface area contributed by atoms with E-state index in [9.17, 15) is 8.42 Å². The van der Waals surface area contributed by atoms with Gasteiger partial charge in [0.15, 0.2) is 9.84 Å². The van der Waals surface area contributed by atoms with E-state index in [4.69, 9.17) is 4.74 Å². The van der Waals surface area contributed by atoms with Crippen LogP contribution in [0.3, 0.4) is 0 Å². The molecular formula is C11H21BrO3S. The Kier molecular flexibility index (Phi) is 5.74. The molecule has 0 saturated carbocycles. The van der Waals surface area contributed by atoms with E-state index in [1.165, 1.54) is 6.42 Å². The summed E-state index contributed by atoms with van der Waals surface area (Å²) in [4.78, 5) is -0.0254. The molecule has 1 rings (SSSR count). The Balaban J connectivity index is 2.14. The summed E-state index contributed by atoms with van der Waals surface area (Å²) in [5.41, 5.74) is 0. The van der Waals surface area contributed by atoms with E-state index in [0.717, 1.165) is 18.8 Å². The van der Waals surface area contributed by atoms with Crippen LogP contribution in [0.15, 0.2) is 0 Å². The van der Waals surface area contributed by atoms with E-state index in [1.807, 2.05) is 0 Å². The van der Waals surface area contributed by atoms with Crippen LogP contribution >= 0.6 is 15.9 Å². The average Bonchev–Trinajstić information content (AvgIpc) is 2.38. The van der Waals surface area contributed by atoms with Crippen molar-refractivity contribution in [2.24, 2.45) is 5.92 Å². The van der Waals surface area contributed by atoms with Crippen molar-refractivity contribution in [3.63, 3.8) is 0 Å².